The zero-order chi connectivity index (χ0) is 8.97. The van der Waals surface area contributed by atoms with Crippen LogP contribution in [0.1, 0.15) is 33.1 Å². The van der Waals surface area contributed by atoms with Crippen molar-refractivity contribution in [2.45, 2.75) is 33.1 Å². The number of aldehydes is 1. The molecular formula is C11H16O. The molecule has 1 heteroatoms. The van der Waals surface area contributed by atoms with Crippen LogP contribution >= 0.6 is 0 Å². The van der Waals surface area contributed by atoms with Gasteiger partial charge in [-0.1, -0.05) is 17.2 Å². The van der Waals surface area contributed by atoms with Crippen molar-refractivity contribution in [2.24, 2.45) is 5.92 Å². The van der Waals surface area contributed by atoms with Gasteiger partial charge in [0, 0.05) is 0 Å². The molecule has 12 heavy (non-hydrogen) atoms. The maximum atomic E-state index is 10.2. The van der Waals surface area contributed by atoms with Crippen molar-refractivity contribution < 1.29 is 4.79 Å². The summed E-state index contributed by atoms with van der Waals surface area (Å²) < 4.78 is 0. The molecule has 0 bridgehead atoms. The number of hydrogen-bond acceptors (Lipinski definition) is 1. The highest BCUT2D eigenvalue weighted by Gasteiger charge is 2.14. The Bertz CT molecular complexity index is 223. The van der Waals surface area contributed by atoms with Gasteiger partial charge >= 0.3 is 0 Å². The minimum atomic E-state index is 0.611. The topological polar surface area (TPSA) is 17.1 Å². The molecule has 0 radical (unpaired) electrons. The van der Waals surface area contributed by atoms with Crippen molar-refractivity contribution in [3.05, 3.63) is 23.3 Å². The molecule has 66 valence electrons. The third kappa shape index (κ3) is 2.33. The predicted molar refractivity (Wildman–Crippen MR) is 50.9 cm³/mol. The maximum absolute atomic E-state index is 10.2. The van der Waals surface area contributed by atoms with E-state index in [2.05, 4.69) is 19.9 Å². The Labute approximate surface area is 74.2 Å². The molecule has 0 fully saturated rings. The molecule has 0 aliphatic heterocycles. The van der Waals surface area contributed by atoms with Crippen LogP contribution in [0.25, 0.3) is 0 Å². The molecule has 0 saturated heterocycles. The highest BCUT2D eigenvalue weighted by molar-refractivity contribution is 5.66. The first-order valence-corrected chi connectivity index (χ1v) is 4.51. The first-order chi connectivity index (χ1) is 5.74. The number of carbonyl (C=O) groups is 1. The lowest BCUT2D eigenvalue weighted by molar-refractivity contribution is -0.104. The lowest BCUT2D eigenvalue weighted by atomic mass is 9.84. The first kappa shape index (κ1) is 9.24. The molecule has 0 heterocycles. The van der Waals surface area contributed by atoms with Crippen molar-refractivity contribution in [1.82, 2.24) is 0 Å². The Kier molecular flexibility index (Phi) is 3.27. The highest BCUT2D eigenvalue weighted by atomic mass is 16.1. The Hall–Kier alpha value is -0.850. The second kappa shape index (κ2) is 4.24. The van der Waals surface area contributed by atoms with Crippen LogP contribution in [0.4, 0.5) is 0 Å². The van der Waals surface area contributed by atoms with Crippen molar-refractivity contribution in [3.8, 4) is 0 Å². The standard InChI is InChI=1S/C11H16O/c1-9-4-3-5-11(8-9)10(2)6-7-12/h4,6-7,11H,3,5,8H2,1-2H3/b10-6-. The van der Waals surface area contributed by atoms with Crippen LogP contribution in [0.5, 0.6) is 0 Å². The van der Waals surface area contributed by atoms with Crippen molar-refractivity contribution >= 4 is 6.29 Å². The van der Waals surface area contributed by atoms with Gasteiger partial charge in [0.2, 0.25) is 0 Å². The number of carbonyl (C=O) groups excluding carboxylic acids is 1. The van der Waals surface area contributed by atoms with Crippen molar-refractivity contribution in [2.75, 3.05) is 0 Å². The van der Waals surface area contributed by atoms with Gasteiger partial charge in [0.1, 0.15) is 6.29 Å². The minimum Gasteiger partial charge on any atom is -0.299 e. The second-order valence-corrected chi connectivity index (χ2v) is 3.58. The number of hydrogen-bond donors (Lipinski definition) is 0. The van der Waals surface area contributed by atoms with E-state index < -0.39 is 0 Å². The third-order valence-electron chi connectivity index (χ3n) is 2.55. The third-order valence-corrected chi connectivity index (χ3v) is 2.55. The largest absolute Gasteiger partial charge is 0.299 e. The van der Waals surface area contributed by atoms with E-state index >= 15 is 0 Å². The smallest absolute Gasteiger partial charge is 0.142 e. The molecule has 0 spiro atoms. The maximum Gasteiger partial charge on any atom is 0.142 e. The molecule has 1 nitrogen and oxygen atoms in total. The first-order valence-electron chi connectivity index (χ1n) is 4.51. The van der Waals surface area contributed by atoms with Crippen LogP contribution in [0, 0.1) is 5.92 Å². The molecule has 0 saturated carbocycles. The molecular weight excluding hydrogens is 148 g/mol. The fourth-order valence-electron chi connectivity index (χ4n) is 1.74. The van der Waals surface area contributed by atoms with Crippen LogP contribution in [-0.2, 0) is 4.79 Å². The lowest BCUT2D eigenvalue weighted by Gasteiger charge is -2.21. The summed E-state index contributed by atoms with van der Waals surface area (Å²) in [7, 11) is 0. The molecule has 0 aromatic carbocycles. The van der Waals surface area contributed by atoms with Gasteiger partial charge in [0.05, 0.1) is 0 Å². The van der Waals surface area contributed by atoms with E-state index in [1.807, 2.05) is 0 Å². The van der Waals surface area contributed by atoms with Crippen LogP contribution in [0.2, 0.25) is 0 Å². The zero-order valence-corrected chi connectivity index (χ0v) is 7.84. The summed E-state index contributed by atoms with van der Waals surface area (Å²) in [4.78, 5) is 10.2. The highest BCUT2D eigenvalue weighted by Crippen LogP contribution is 2.28. The Morgan fingerprint density at radius 2 is 2.42 bits per heavy atom. The SMILES string of the molecule is CC1=CCCC(/C(C)=C\C=O)C1. The van der Waals surface area contributed by atoms with Crippen LogP contribution in [0.15, 0.2) is 23.3 Å². The molecule has 0 N–H and O–H groups in total. The lowest BCUT2D eigenvalue weighted by Crippen LogP contribution is -2.06. The van der Waals surface area contributed by atoms with Gasteiger partial charge in [-0.15, -0.1) is 0 Å². The molecule has 0 amide bonds. The Balaban J connectivity index is 2.60. The summed E-state index contributed by atoms with van der Waals surface area (Å²) in [5, 5.41) is 0. The monoisotopic (exact) mass is 164 g/mol. The van der Waals surface area contributed by atoms with E-state index in [4.69, 9.17) is 0 Å². The van der Waals surface area contributed by atoms with Crippen LogP contribution in [0.3, 0.4) is 0 Å². The molecule has 0 aromatic rings. The van der Waals surface area contributed by atoms with E-state index in [0.29, 0.717) is 5.92 Å². The Morgan fingerprint density at radius 3 is 3.00 bits per heavy atom. The fraction of sp³-hybridized carbons (Fsp3) is 0.545. The Morgan fingerprint density at radius 1 is 1.67 bits per heavy atom. The molecule has 1 unspecified atom stereocenters. The predicted octanol–water partition coefficient (Wildman–Crippen LogP) is 2.88. The summed E-state index contributed by atoms with van der Waals surface area (Å²) in [6.45, 7) is 4.22. The molecule has 1 aliphatic carbocycles. The van der Waals surface area contributed by atoms with Crippen LogP contribution in [-0.4, -0.2) is 6.29 Å². The molecule has 1 rings (SSSR count). The van der Waals surface area contributed by atoms with Gasteiger partial charge in [0.25, 0.3) is 0 Å². The second-order valence-electron chi connectivity index (χ2n) is 3.58. The van der Waals surface area contributed by atoms with Crippen molar-refractivity contribution in [1.29, 1.82) is 0 Å². The van der Waals surface area contributed by atoms with E-state index in [1.165, 1.54) is 24.0 Å². The van der Waals surface area contributed by atoms with E-state index in [-0.39, 0.29) is 0 Å². The van der Waals surface area contributed by atoms with Gasteiger partial charge in [-0.05, 0) is 45.1 Å². The summed E-state index contributed by atoms with van der Waals surface area (Å²) in [6.07, 6.45) is 8.39. The minimum absolute atomic E-state index is 0.611. The molecule has 1 aliphatic rings. The van der Waals surface area contributed by atoms with Crippen molar-refractivity contribution in [3.63, 3.8) is 0 Å². The normalized spacial score (nSPS) is 25.0. The van der Waals surface area contributed by atoms with Gasteiger partial charge in [-0.25, -0.2) is 0 Å². The molecule has 0 aromatic heterocycles. The van der Waals surface area contributed by atoms with Gasteiger partial charge in [-0.2, -0.15) is 0 Å². The number of allylic oxidation sites excluding steroid dienone is 4. The van der Waals surface area contributed by atoms with E-state index in [0.717, 1.165) is 12.7 Å². The van der Waals surface area contributed by atoms with Gasteiger partial charge in [0.15, 0.2) is 0 Å². The summed E-state index contributed by atoms with van der Waals surface area (Å²) in [6, 6.07) is 0. The summed E-state index contributed by atoms with van der Waals surface area (Å²) >= 11 is 0. The fourth-order valence-corrected chi connectivity index (χ4v) is 1.74. The van der Waals surface area contributed by atoms with Crippen LogP contribution < -0.4 is 0 Å². The average Bonchev–Trinajstić information content (AvgIpc) is 2.05. The average molecular weight is 164 g/mol. The zero-order valence-electron chi connectivity index (χ0n) is 7.84. The van der Waals surface area contributed by atoms with Gasteiger partial charge in [-0.3, -0.25) is 4.79 Å². The van der Waals surface area contributed by atoms with E-state index in [1.54, 1.807) is 6.08 Å². The van der Waals surface area contributed by atoms with Gasteiger partial charge < -0.3 is 0 Å². The summed E-state index contributed by atoms with van der Waals surface area (Å²) in [5.41, 5.74) is 2.70. The van der Waals surface area contributed by atoms with E-state index in [9.17, 15) is 4.79 Å². The quantitative estimate of drug-likeness (QED) is 0.348. The number of rotatable bonds is 2. The molecule has 1 atom stereocenters. The summed E-state index contributed by atoms with van der Waals surface area (Å²) in [5.74, 6) is 0.611.